The standard InChI is InChI=1S/C16H13ClFNO3/c17-12-6-4-10(5-7-12)14(9-15(20)21)19-16(22)11-2-1-3-13(18)8-11/h1-8,14H,9H2,(H,19,22)(H,20,21)/p-1/t14-/m1/s1. The summed E-state index contributed by atoms with van der Waals surface area (Å²) in [5.41, 5.74) is 0.677. The Morgan fingerprint density at radius 1 is 1.18 bits per heavy atom. The van der Waals surface area contributed by atoms with Crippen LogP contribution in [-0.2, 0) is 4.79 Å². The molecule has 6 heteroatoms. The van der Waals surface area contributed by atoms with Crippen LogP contribution in [-0.4, -0.2) is 11.9 Å². The fourth-order valence-electron chi connectivity index (χ4n) is 1.99. The lowest BCUT2D eigenvalue weighted by Gasteiger charge is -2.20. The van der Waals surface area contributed by atoms with Crippen LogP contribution in [0.25, 0.3) is 0 Å². The molecule has 1 atom stereocenters. The number of hydrogen-bond acceptors (Lipinski definition) is 3. The van der Waals surface area contributed by atoms with Gasteiger partial charge in [0.2, 0.25) is 0 Å². The van der Waals surface area contributed by atoms with E-state index in [1.807, 2.05) is 0 Å². The lowest BCUT2D eigenvalue weighted by molar-refractivity contribution is -0.306. The van der Waals surface area contributed by atoms with Crippen LogP contribution in [0.3, 0.4) is 0 Å². The SMILES string of the molecule is O=C([O-])C[C@@H](NC(=O)c1cccc(F)c1)c1ccc(Cl)cc1. The average molecular weight is 321 g/mol. The number of benzene rings is 2. The zero-order valence-corrected chi connectivity index (χ0v) is 12.1. The summed E-state index contributed by atoms with van der Waals surface area (Å²) in [6.45, 7) is 0. The molecule has 2 aromatic rings. The molecule has 0 aliphatic rings. The van der Waals surface area contributed by atoms with Gasteiger partial charge in [0.25, 0.3) is 5.91 Å². The monoisotopic (exact) mass is 320 g/mol. The van der Waals surface area contributed by atoms with E-state index in [0.29, 0.717) is 10.6 Å². The van der Waals surface area contributed by atoms with E-state index < -0.39 is 30.2 Å². The Balaban J connectivity index is 2.21. The summed E-state index contributed by atoms with van der Waals surface area (Å²) in [6, 6.07) is 10.8. The smallest absolute Gasteiger partial charge is 0.251 e. The van der Waals surface area contributed by atoms with Gasteiger partial charge in [-0.05, 0) is 35.9 Å². The number of carboxylic acids is 1. The third-order valence-corrected chi connectivity index (χ3v) is 3.29. The summed E-state index contributed by atoms with van der Waals surface area (Å²) in [6.07, 6.45) is -0.400. The molecule has 0 spiro atoms. The van der Waals surface area contributed by atoms with Crippen LogP contribution in [0.2, 0.25) is 5.02 Å². The molecule has 0 saturated heterocycles. The summed E-state index contributed by atoms with van der Waals surface area (Å²) in [5, 5.41) is 13.9. The molecule has 0 saturated carbocycles. The van der Waals surface area contributed by atoms with E-state index in [9.17, 15) is 19.1 Å². The summed E-state index contributed by atoms with van der Waals surface area (Å²) in [4.78, 5) is 23.0. The molecule has 2 aromatic carbocycles. The predicted octanol–water partition coefficient (Wildman–Crippen LogP) is 2.09. The number of carbonyl (C=O) groups is 2. The summed E-state index contributed by atoms with van der Waals surface area (Å²) in [7, 11) is 0. The Bertz CT molecular complexity index is 688. The van der Waals surface area contributed by atoms with Gasteiger partial charge in [0.1, 0.15) is 5.82 Å². The van der Waals surface area contributed by atoms with Crippen molar-refractivity contribution >= 4 is 23.5 Å². The molecule has 0 aromatic heterocycles. The first-order valence-electron chi connectivity index (χ1n) is 6.47. The largest absolute Gasteiger partial charge is 0.550 e. The number of nitrogens with one attached hydrogen (secondary N) is 1. The van der Waals surface area contributed by atoms with Crippen molar-refractivity contribution < 1.29 is 19.1 Å². The van der Waals surface area contributed by atoms with E-state index in [1.165, 1.54) is 18.2 Å². The number of hydrogen-bond donors (Lipinski definition) is 1. The minimum atomic E-state index is -1.31. The van der Waals surface area contributed by atoms with Crippen LogP contribution < -0.4 is 10.4 Å². The van der Waals surface area contributed by atoms with Crippen LogP contribution in [0.4, 0.5) is 4.39 Å². The Labute approximate surface area is 131 Å². The van der Waals surface area contributed by atoms with Gasteiger partial charge in [0.15, 0.2) is 0 Å². The van der Waals surface area contributed by atoms with Gasteiger partial charge in [-0.3, -0.25) is 4.79 Å². The second-order valence-electron chi connectivity index (χ2n) is 4.66. The fourth-order valence-corrected chi connectivity index (χ4v) is 2.11. The van der Waals surface area contributed by atoms with E-state index in [1.54, 1.807) is 24.3 Å². The molecule has 0 fully saturated rings. The Hall–Kier alpha value is -2.40. The van der Waals surface area contributed by atoms with Crippen molar-refractivity contribution in [2.75, 3.05) is 0 Å². The van der Waals surface area contributed by atoms with Gasteiger partial charge >= 0.3 is 0 Å². The van der Waals surface area contributed by atoms with Crippen molar-refractivity contribution in [3.05, 3.63) is 70.5 Å². The molecule has 1 N–H and O–H groups in total. The van der Waals surface area contributed by atoms with Crippen LogP contribution in [0.15, 0.2) is 48.5 Å². The molecule has 0 radical (unpaired) electrons. The highest BCUT2D eigenvalue weighted by Gasteiger charge is 2.16. The Morgan fingerprint density at radius 2 is 1.86 bits per heavy atom. The normalized spacial score (nSPS) is 11.7. The number of aliphatic carboxylic acids is 1. The molecule has 2 rings (SSSR count). The average Bonchev–Trinajstić information content (AvgIpc) is 2.47. The highest BCUT2D eigenvalue weighted by molar-refractivity contribution is 6.30. The summed E-state index contributed by atoms with van der Waals surface area (Å²) >= 11 is 5.78. The van der Waals surface area contributed by atoms with E-state index in [0.717, 1.165) is 6.07 Å². The molecule has 0 bridgehead atoms. The summed E-state index contributed by atoms with van der Waals surface area (Å²) < 4.78 is 13.1. The zero-order chi connectivity index (χ0) is 16.1. The van der Waals surface area contributed by atoms with Gasteiger partial charge in [-0.2, -0.15) is 0 Å². The highest BCUT2D eigenvalue weighted by atomic mass is 35.5. The predicted molar refractivity (Wildman–Crippen MR) is 77.7 cm³/mol. The van der Waals surface area contributed by atoms with Gasteiger partial charge in [-0.15, -0.1) is 0 Å². The minimum Gasteiger partial charge on any atom is -0.550 e. The zero-order valence-electron chi connectivity index (χ0n) is 11.4. The van der Waals surface area contributed by atoms with E-state index in [-0.39, 0.29) is 5.56 Å². The third-order valence-electron chi connectivity index (χ3n) is 3.04. The highest BCUT2D eigenvalue weighted by Crippen LogP contribution is 2.20. The Kier molecular flexibility index (Phi) is 5.12. The molecular weight excluding hydrogens is 309 g/mol. The second-order valence-corrected chi connectivity index (χ2v) is 5.10. The van der Waals surface area contributed by atoms with Crippen molar-refractivity contribution in [2.45, 2.75) is 12.5 Å². The maximum absolute atomic E-state index is 13.1. The summed E-state index contributed by atoms with van der Waals surface area (Å²) in [5.74, 6) is -2.42. The third kappa shape index (κ3) is 4.30. The van der Waals surface area contributed by atoms with E-state index >= 15 is 0 Å². The van der Waals surface area contributed by atoms with Gasteiger partial charge in [-0.25, -0.2) is 4.39 Å². The molecule has 0 unspecified atom stereocenters. The lowest BCUT2D eigenvalue weighted by Crippen LogP contribution is -2.34. The van der Waals surface area contributed by atoms with Crippen molar-refractivity contribution in [3.8, 4) is 0 Å². The number of carboxylic acid groups (broad SMARTS) is 1. The van der Waals surface area contributed by atoms with E-state index in [4.69, 9.17) is 11.6 Å². The molecule has 114 valence electrons. The molecule has 22 heavy (non-hydrogen) atoms. The number of carbonyl (C=O) groups excluding carboxylic acids is 2. The molecule has 1 amide bonds. The Morgan fingerprint density at radius 3 is 2.45 bits per heavy atom. The number of halogens is 2. The maximum Gasteiger partial charge on any atom is 0.251 e. The second kappa shape index (κ2) is 7.04. The van der Waals surface area contributed by atoms with Gasteiger partial charge in [0.05, 0.1) is 6.04 Å². The van der Waals surface area contributed by atoms with Crippen molar-refractivity contribution in [1.82, 2.24) is 5.32 Å². The van der Waals surface area contributed by atoms with Gasteiger partial charge in [0, 0.05) is 23.0 Å². The molecular formula is C16H12ClFNO3-. The molecule has 4 nitrogen and oxygen atoms in total. The van der Waals surface area contributed by atoms with Crippen molar-refractivity contribution in [1.29, 1.82) is 0 Å². The number of amides is 1. The first-order chi connectivity index (χ1) is 10.5. The van der Waals surface area contributed by atoms with Crippen LogP contribution in [0, 0.1) is 5.82 Å². The lowest BCUT2D eigenvalue weighted by atomic mass is 10.0. The molecule has 0 aliphatic carbocycles. The topological polar surface area (TPSA) is 69.2 Å². The minimum absolute atomic E-state index is 0.109. The molecule has 0 aliphatic heterocycles. The first kappa shape index (κ1) is 16.0. The van der Waals surface area contributed by atoms with Gasteiger partial charge < -0.3 is 15.2 Å². The molecule has 0 heterocycles. The van der Waals surface area contributed by atoms with Crippen LogP contribution in [0.5, 0.6) is 0 Å². The fraction of sp³-hybridized carbons (Fsp3) is 0.125. The number of rotatable bonds is 5. The van der Waals surface area contributed by atoms with E-state index in [2.05, 4.69) is 5.32 Å². The first-order valence-corrected chi connectivity index (χ1v) is 6.85. The maximum atomic E-state index is 13.1. The quantitative estimate of drug-likeness (QED) is 0.917. The van der Waals surface area contributed by atoms with Crippen molar-refractivity contribution in [2.24, 2.45) is 0 Å². The van der Waals surface area contributed by atoms with Crippen LogP contribution in [0.1, 0.15) is 28.4 Å². The van der Waals surface area contributed by atoms with Crippen LogP contribution >= 0.6 is 11.6 Å². The van der Waals surface area contributed by atoms with Gasteiger partial charge in [-0.1, -0.05) is 29.8 Å². The van der Waals surface area contributed by atoms with Crippen molar-refractivity contribution in [3.63, 3.8) is 0 Å².